The average Bonchev–Trinajstić information content (AvgIpc) is 2.85. The zero-order chi connectivity index (χ0) is 12.8. The van der Waals surface area contributed by atoms with Crippen LogP contribution in [0.15, 0.2) is 24.3 Å². The number of likely N-dealkylation sites (tertiary alicyclic amines) is 1. The van der Waals surface area contributed by atoms with E-state index in [1.54, 1.807) is 0 Å². The van der Waals surface area contributed by atoms with Crippen molar-refractivity contribution in [3.05, 3.63) is 29.8 Å². The minimum Gasteiger partial charge on any atom is -0.326 e. The van der Waals surface area contributed by atoms with Gasteiger partial charge in [0.15, 0.2) is 0 Å². The van der Waals surface area contributed by atoms with E-state index in [9.17, 15) is 4.79 Å². The van der Waals surface area contributed by atoms with Gasteiger partial charge in [0, 0.05) is 24.5 Å². The fourth-order valence-corrected chi connectivity index (χ4v) is 2.43. The number of amides is 1. The number of anilines is 1. The Morgan fingerprint density at radius 1 is 1.28 bits per heavy atom. The number of alkyl halides is 1. The molecule has 98 valence electrons. The van der Waals surface area contributed by atoms with Crippen molar-refractivity contribution in [2.75, 3.05) is 24.3 Å². The van der Waals surface area contributed by atoms with Crippen molar-refractivity contribution in [2.24, 2.45) is 0 Å². The highest BCUT2D eigenvalue weighted by atomic mass is 35.5. The lowest BCUT2D eigenvalue weighted by atomic mass is 10.1. The molecule has 1 aromatic carbocycles. The summed E-state index contributed by atoms with van der Waals surface area (Å²) in [6.45, 7) is 3.23. The van der Waals surface area contributed by atoms with Crippen LogP contribution >= 0.6 is 11.6 Å². The molecule has 1 amide bonds. The minimum atomic E-state index is -0.0149. The van der Waals surface area contributed by atoms with E-state index in [0.717, 1.165) is 25.3 Å². The van der Waals surface area contributed by atoms with E-state index in [0.29, 0.717) is 12.3 Å². The van der Waals surface area contributed by atoms with E-state index in [2.05, 4.69) is 16.3 Å². The van der Waals surface area contributed by atoms with Crippen LogP contribution in [0.3, 0.4) is 0 Å². The van der Waals surface area contributed by atoms with Crippen LogP contribution in [-0.2, 0) is 11.3 Å². The maximum atomic E-state index is 11.6. The second-order valence-electron chi connectivity index (χ2n) is 4.63. The van der Waals surface area contributed by atoms with Crippen molar-refractivity contribution in [1.29, 1.82) is 0 Å². The van der Waals surface area contributed by atoms with Crippen molar-refractivity contribution in [3.63, 3.8) is 0 Å². The van der Waals surface area contributed by atoms with E-state index in [4.69, 9.17) is 11.6 Å². The lowest BCUT2D eigenvalue weighted by Crippen LogP contribution is -2.20. The first-order valence-electron chi connectivity index (χ1n) is 6.45. The molecule has 0 saturated carbocycles. The SMILES string of the molecule is O=C(CCCl)Nc1ccccc1CN1CCCC1. The van der Waals surface area contributed by atoms with Gasteiger partial charge in [-0.1, -0.05) is 18.2 Å². The molecule has 1 aromatic rings. The molecule has 0 aromatic heterocycles. The number of nitrogens with one attached hydrogen (secondary N) is 1. The number of hydrogen-bond donors (Lipinski definition) is 1. The van der Waals surface area contributed by atoms with Crippen LogP contribution in [0.4, 0.5) is 5.69 Å². The molecule has 2 rings (SSSR count). The summed E-state index contributed by atoms with van der Waals surface area (Å²) in [6.07, 6.45) is 2.92. The van der Waals surface area contributed by atoms with E-state index in [1.807, 2.05) is 18.2 Å². The van der Waals surface area contributed by atoms with Gasteiger partial charge < -0.3 is 5.32 Å². The molecular formula is C14H19ClN2O. The molecule has 4 heteroatoms. The number of rotatable bonds is 5. The zero-order valence-corrected chi connectivity index (χ0v) is 11.2. The smallest absolute Gasteiger partial charge is 0.225 e. The third kappa shape index (κ3) is 3.72. The summed E-state index contributed by atoms with van der Waals surface area (Å²) in [5.74, 6) is 0.346. The van der Waals surface area contributed by atoms with Crippen LogP contribution in [0.25, 0.3) is 0 Å². The zero-order valence-electron chi connectivity index (χ0n) is 10.5. The highest BCUT2D eigenvalue weighted by Gasteiger charge is 2.14. The van der Waals surface area contributed by atoms with E-state index >= 15 is 0 Å². The van der Waals surface area contributed by atoms with Crippen LogP contribution in [0.2, 0.25) is 0 Å². The van der Waals surface area contributed by atoms with E-state index in [1.165, 1.54) is 18.4 Å². The average molecular weight is 267 g/mol. The number of carbonyl (C=O) groups is 1. The Kier molecular flexibility index (Phi) is 5.02. The first-order valence-corrected chi connectivity index (χ1v) is 6.99. The van der Waals surface area contributed by atoms with E-state index < -0.39 is 0 Å². The number of benzene rings is 1. The Balaban J connectivity index is 2.02. The van der Waals surface area contributed by atoms with Gasteiger partial charge in [0.05, 0.1) is 0 Å². The normalized spacial score (nSPS) is 15.8. The quantitative estimate of drug-likeness (QED) is 0.832. The molecule has 1 fully saturated rings. The van der Waals surface area contributed by atoms with Crippen molar-refractivity contribution in [3.8, 4) is 0 Å². The molecule has 1 aliphatic rings. The fraction of sp³-hybridized carbons (Fsp3) is 0.500. The highest BCUT2D eigenvalue weighted by molar-refractivity contribution is 6.19. The monoisotopic (exact) mass is 266 g/mol. The fourth-order valence-electron chi connectivity index (χ4n) is 2.26. The molecule has 1 aliphatic heterocycles. The van der Waals surface area contributed by atoms with Gasteiger partial charge in [-0.2, -0.15) is 0 Å². The third-order valence-corrected chi connectivity index (χ3v) is 3.39. The number of hydrogen-bond acceptors (Lipinski definition) is 2. The summed E-state index contributed by atoms with van der Waals surface area (Å²) in [4.78, 5) is 14.0. The number of carbonyl (C=O) groups excluding carboxylic acids is 1. The molecular weight excluding hydrogens is 248 g/mol. The summed E-state index contributed by atoms with van der Waals surface area (Å²) in [6, 6.07) is 8.00. The van der Waals surface area contributed by atoms with Crippen molar-refractivity contribution in [1.82, 2.24) is 4.90 Å². The van der Waals surface area contributed by atoms with Crippen LogP contribution in [0.5, 0.6) is 0 Å². The third-order valence-electron chi connectivity index (χ3n) is 3.21. The van der Waals surface area contributed by atoms with Gasteiger partial charge in [-0.05, 0) is 37.6 Å². The summed E-state index contributed by atoms with van der Waals surface area (Å²) >= 11 is 5.57. The maximum Gasteiger partial charge on any atom is 0.225 e. The number of nitrogens with zero attached hydrogens (tertiary/aromatic N) is 1. The van der Waals surface area contributed by atoms with Gasteiger partial charge in [0.2, 0.25) is 5.91 Å². The van der Waals surface area contributed by atoms with Crippen molar-refractivity contribution in [2.45, 2.75) is 25.8 Å². The maximum absolute atomic E-state index is 11.6. The Morgan fingerprint density at radius 3 is 2.72 bits per heavy atom. The predicted molar refractivity (Wildman–Crippen MR) is 74.9 cm³/mol. The standard InChI is InChI=1S/C14H19ClN2O/c15-8-7-14(18)16-13-6-2-1-5-12(13)11-17-9-3-4-10-17/h1-2,5-6H,3-4,7-11H2,(H,16,18). The molecule has 1 heterocycles. The van der Waals surface area contributed by atoms with Crippen LogP contribution < -0.4 is 5.32 Å². The van der Waals surface area contributed by atoms with Crippen molar-refractivity contribution >= 4 is 23.2 Å². The first-order chi connectivity index (χ1) is 8.79. The molecule has 0 atom stereocenters. The second kappa shape index (κ2) is 6.76. The van der Waals surface area contributed by atoms with Gasteiger partial charge in [-0.3, -0.25) is 9.69 Å². The Bertz CT molecular complexity index is 403. The summed E-state index contributed by atoms with van der Waals surface area (Å²) in [7, 11) is 0. The van der Waals surface area contributed by atoms with Crippen molar-refractivity contribution < 1.29 is 4.79 Å². The minimum absolute atomic E-state index is 0.0149. The molecule has 3 nitrogen and oxygen atoms in total. The molecule has 0 bridgehead atoms. The van der Waals surface area contributed by atoms with Crippen LogP contribution in [-0.4, -0.2) is 29.8 Å². The lowest BCUT2D eigenvalue weighted by Gasteiger charge is -2.17. The molecule has 0 aliphatic carbocycles. The topological polar surface area (TPSA) is 32.3 Å². The van der Waals surface area contributed by atoms with E-state index in [-0.39, 0.29) is 5.91 Å². The largest absolute Gasteiger partial charge is 0.326 e. The van der Waals surface area contributed by atoms with Gasteiger partial charge in [-0.25, -0.2) is 0 Å². The predicted octanol–water partition coefficient (Wildman–Crippen LogP) is 2.85. The van der Waals surface area contributed by atoms with Crippen LogP contribution in [0, 0.1) is 0 Å². The molecule has 0 radical (unpaired) electrons. The molecule has 0 unspecified atom stereocenters. The first kappa shape index (κ1) is 13.4. The van der Waals surface area contributed by atoms with Gasteiger partial charge in [-0.15, -0.1) is 11.6 Å². The van der Waals surface area contributed by atoms with Gasteiger partial charge >= 0.3 is 0 Å². The molecule has 18 heavy (non-hydrogen) atoms. The molecule has 1 N–H and O–H groups in total. The summed E-state index contributed by atoms with van der Waals surface area (Å²) in [5, 5.41) is 2.94. The molecule has 0 spiro atoms. The summed E-state index contributed by atoms with van der Waals surface area (Å²) in [5.41, 5.74) is 2.10. The highest BCUT2D eigenvalue weighted by Crippen LogP contribution is 2.20. The van der Waals surface area contributed by atoms with Gasteiger partial charge in [0.25, 0.3) is 0 Å². The van der Waals surface area contributed by atoms with Crippen LogP contribution in [0.1, 0.15) is 24.8 Å². The number of para-hydroxylation sites is 1. The number of halogens is 1. The van der Waals surface area contributed by atoms with Gasteiger partial charge in [0.1, 0.15) is 0 Å². The molecule has 1 saturated heterocycles. The second-order valence-corrected chi connectivity index (χ2v) is 5.01. The Morgan fingerprint density at radius 2 is 2.00 bits per heavy atom. The lowest BCUT2D eigenvalue weighted by molar-refractivity contribution is -0.115. The summed E-state index contributed by atoms with van der Waals surface area (Å²) < 4.78 is 0. The Labute approximate surface area is 113 Å². The Hall–Kier alpha value is -1.06.